The fraction of sp³-hybridized carbons (Fsp3) is 0.727. The Morgan fingerprint density at radius 2 is 2.26 bits per heavy atom. The van der Waals surface area contributed by atoms with Crippen molar-refractivity contribution < 1.29 is 8.42 Å². The number of piperazine rings is 1. The van der Waals surface area contributed by atoms with Crippen LogP contribution in [0.3, 0.4) is 0 Å². The second-order valence-corrected chi connectivity index (χ2v) is 6.40. The van der Waals surface area contributed by atoms with Crippen molar-refractivity contribution in [1.82, 2.24) is 19.4 Å². The maximum absolute atomic E-state index is 12.6. The van der Waals surface area contributed by atoms with Crippen molar-refractivity contribution in [1.29, 1.82) is 0 Å². The number of rotatable bonds is 4. The van der Waals surface area contributed by atoms with Gasteiger partial charge in [0.15, 0.2) is 5.03 Å². The van der Waals surface area contributed by atoms with E-state index in [2.05, 4.69) is 10.4 Å². The van der Waals surface area contributed by atoms with Crippen molar-refractivity contribution in [2.45, 2.75) is 37.9 Å². The molecule has 0 aliphatic carbocycles. The zero-order valence-electron chi connectivity index (χ0n) is 11.2. The smallest absolute Gasteiger partial charge is 0.260 e. The third-order valence-corrected chi connectivity index (χ3v) is 5.16. The quantitative estimate of drug-likeness (QED) is 0.889. The summed E-state index contributed by atoms with van der Waals surface area (Å²) >= 11 is 0. The van der Waals surface area contributed by atoms with E-state index in [4.69, 9.17) is 0 Å². The molecule has 2 heterocycles. The van der Waals surface area contributed by atoms with Gasteiger partial charge in [-0.15, -0.1) is 12.4 Å². The predicted octanol–water partition coefficient (Wildman–Crippen LogP) is 0.697. The van der Waals surface area contributed by atoms with Crippen LogP contribution in [0.2, 0.25) is 0 Å². The van der Waals surface area contributed by atoms with E-state index in [0.717, 1.165) is 6.42 Å². The Labute approximate surface area is 120 Å². The summed E-state index contributed by atoms with van der Waals surface area (Å²) in [5.74, 6) is 0. The maximum Gasteiger partial charge on any atom is 0.260 e. The molecule has 0 radical (unpaired) electrons. The molecule has 0 spiro atoms. The van der Waals surface area contributed by atoms with E-state index < -0.39 is 10.0 Å². The van der Waals surface area contributed by atoms with Gasteiger partial charge in [0.1, 0.15) is 0 Å². The first-order chi connectivity index (χ1) is 8.57. The summed E-state index contributed by atoms with van der Waals surface area (Å²) in [6.45, 7) is 6.46. The molecule has 6 nitrogen and oxygen atoms in total. The van der Waals surface area contributed by atoms with Crippen LogP contribution in [0.5, 0.6) is 0 Å². The van der Waals surface area contributed by atoms with Crippen LogP contribution in [-0.2, 0) is 16.6 Å². The molecule has 1 aromatic heterocycles. The molecule has 1 aliphatic rings. The summed E-state index contributed by atoms with van der Waals surface area (Å²) < 4.78 is 28.3. The van der Waals surface area contributed by atoms with Gasteiger partial charge >= 0.3 is 0 Å². The van der Waals surface area contributed by atoms with Crippen molar-refractivity contribution in [3.05, 3.63) is 12.3 Å². The Kier molecular flexibility index (Phi) is 5.79. The lowest BCUT2D eigenvalue weighted by atomic mass is 10.3. The molecular weight excluding hydrogens is 288 g/mol. The number of sulfonamides is 1. The maximum atomic E-state index is 12.6. The van der Waals surface area contributed by atoms with Crippen LogP contribution in [-0.4, -0.2) is 48.2 Å². The zero-order chi connectivity index (χ0) is 13.2. The highest BCUT2D eigenvalue weighted by Gasteiger charge is 2.32. The molecule has 0 amide bonds. The van der Waals surface area contributed by atoms with E-state index in [9.17, 15) is 8.42 Å². The topological polar surface area (TPSA) is 67.2 Å². The van der Waals surface area contributed by atoms with E-state index in [0.29, 0.717) is 31.2 Å². The normalized spacial score (nSPS) is 21.1. The summed E-state index contributed by atoms with van der Waals surface area (Å²) in [7, 11) is -3.43. The summed E-state index contributed by atoms with van der Waals surface area (Å²) in [4.78, 5) is 0. The number of halogens is 1. The lowest BCUT2D eigenvalue weighted by Gasteiger charge is -2.32. The van der Waals surface area contributed by atoms with Crippen molar-refractivity contribution in [3.8, 4) is 0 Å². The average molecular weight is 309 g/mol. The Morgan fingerprint density at radius 1 is 1.53 bits per heavy atom. The Bertz CT molecular complexity index is 503. The van der Waals surface area contributed by atoms with E-state index >= 15 is 0 Å². The van der Waals surface area contributed by atoms with E-state index in [1.165, 1.54) is 0 Å². The van der Waals surface area contributed by atoms with Crippen LogP contribution in [0, 0.1) is 0 Å². The van der Waals surface area contributed by atoms with Gasteiger partial charge in [-0.25, -0.2) is 8.42 Å². The highest BCUT2D eigenvalue weighted by Crippen LogP contribution is 2.19. The standard InChI is InChI=1S/C11H20N4O2S.ClH/c1-3-7-14-11(4-5-13-14)18(16,17)15-8-6-12-9-10(15)2;/h4-5,10,12H,3,6-9H2,1-2H3;1H. The van der Waals surface area contributed by atoms with Gasteiger partial charge in [-0.2, -0.15) is 9.40 Å². The highest BCUT2D eigenvalue weighted by atomic mass is 35.5. The molecule has 2 rings (SSSR count). The molecule has 8 heteroatoms. The van der Waals surface area contributed by atoms with E-state index in [-0.39, 0.29) is 18.4 Å². The zero-order valence-corrected chi connectivity index (χ0v) is 12.9. The summed E-state index contributed by atoms with van der Waals surface area (Å²) in [6, 6.07) is 1.56. The van der Waals surface area contributed by atoms with Crippen molar-refractivity contribution >= 4 is 22.4 Å². The first-order valence-electron chi connectivity index (χ1n) is 6.31. The second kappa shape index (κ2) is 6.69. The minimum Gasteiger partial charge on any atom is -0.314 e. The highest BCUT2D eigenvalue weighted by molar-refractivity contribution is 7.89. The third kappa shape index (κ3) is 3.28. The predicted molar refractivity (Wildman–Crippen MR) is 76.0 cm³/mol. The molecule has 0 bridgehead atoms. The minimum atomic E-state index is -3.43. The molecule has 1 aromatic rings. The number of nitrogens with zero attached hydrogens (tertiary/aromatic N) is 3. The van der Waals surface area contributed by atoms with Crippen LogP contribution < -0.4 is 5.32 Å². The van der Waals surface area contributed by atoms with Crippen molar-refractivity contribution in [2.75, 3.05) is 19.6 Å². The van der Waals surface area contributed by atoms with E-state index in [1.54, 1.807) is 21.3 Å². The van der Waals surface area contributed by atoms with Gasteiger partial charge in [0.25, 0.3) is 10.0 Å². The Morgan fingerprint density at radius 3 is 2.89 bits per heavy atom. The van der Waals surface area contributed by atoms with Crippen LogP contribution in [0.1, 0.15) is 20.3 Å². The third-order valence-electron chi connectivity index (χ3n) is 3.13. The Balaban J connectivity index is 0.00000180. The van der Waals surface area contributed by atoms with Crippen molar-refractivity contribution in [2.24, 2.45) is 0 Å². The summed E-state index contributed by atoms with van der Waals surface area (Å²) in [5.41, 5.74) is 0. The van der Waals surface area contributed by atoms with Crippen LogP contribution in [0.25, 0.3) is 0 Å². The molecule has 19 heavy (non-hydrogen) atoms. The lowest BCUT2D eigenvalue weighted by Crippen LogP contribution is -2.52. The average Bonchev–Trinajstić information content (AvgIpc) is 2.79. The van der Waals surface area contributed by atoms with Crippen LogP contribution in [0.15, 0.2) is 17.3 Å². The minimum absolute atomic E-state index is 0. The van der Waals surface area contributed by atoms with Gasteiger partial charge in [0.2, 0.25) is 0 Å². The molecule has 1 fully saturated rings. The molecule has 110 valence electrons. The van der Waals surface area contributed by atoms with Gasteiger partial charge in [-0.3, -0.25) is 4.68 Å². The molecular formula is C11H21ClN4O2S. The lowest BCUT2D eigenvalue weighted by molar-refractivity contribution is 0.281. The molecule has 1 saturated heterocycles. The SMILES string of the molecule is CCCn1nccc1S(=O)(=O)N1CCNCC1C.Cl. The molecule has 1 unspecified atom stereocenters. The monoisotopic (exact) mass is 308 g/mol. The number of nitrogens with one attached hydrogen (secondary N) is 1. The number of aromatic nitrogens is 2. The summed E-state index contributed by atoms with van der Waals surface area (Å²) in [6.07, 6.45) is 2.41. The first kappa shape index (κ1) is 16.4. The van der Waals surface area contributed by atoms with Gasteiger partial charge in [-0.05, 0) is 19.4 Å². The van der Waals surface area contributed by atoms with Crippen LogP contribution in [0.4, 0.5) is 0 Å². The van der Waals surface area contributed by atoms with E-state index in [1.807, 2.05) is 13.8 Å². The molecule has 1 aliphatic heterocycles. The summed E-state index contributed by atoms with van der Waals surface area (Å²) in [5, 5.41) is 7.58. The fourth-order valence-corrected chi connectivity index (χ4v) is 3.98. The Hall–Kier alpha value is -0.630. The number of hydrogen-bond donors (Lipinski definition) is 1. The van der Waals surface area contributed by atoms with Gasteiger partial charge < -0.3 is 5.32 Å². The van der Waals surface area contributed by atoms with Gasteiger partial charge in [0.05, 0.1) is 6.20 Å². The van der Waals surface area contributed by atoms with Crippen molar-refractivity contribution in [3.63, 3.8) is 0 Å². The van der Waals surface area contributed by atoms with Gasteiger partial charge in [0, 0.05) is 32.2 Å². The number of aryl methyl sites for hydroxylation is 1. The fourth-order valence-electron chi connectivity index (χ4n) is 2.22. The van der Waals surface area contributed by atoms with Crippen LogP contribution >= 0.6 is 12.4 Å². The first-order valence-corrected chi connectivity index (χ1v) is 7.75. The largest absolute Gasteiger partial charge is 0.314 e. The molecule has 0 aromatic carbocycles. The number of hydrogen-bond acceptors (Lipinski definition) is 4. The molecule has 1 atom stereocenters. The molecule has 1 N–H and O–H groups in total. The van der Waals surface area contributed by atoms with Gasteiger partial charge in [-0.1, -0.05) is 6.92 Å². The second-order valence-electron chi connectivity index (χ2n) is 4.56. The molecule has 0 saturated carbocycles.